The third kappa shape index (κ3) is 2.72. The van der Waals surface area contributed by atoms with E-state index in [1.165, 1.54) is 0 Å². The van der Waals surface area contributed by atoms with Gasteiger partial charge in [0.15, 0.2) is 5.78 Å². The molecule has 0 aliphatic rings. The molecule has 0 N–H and O–H groups in total. The van der Waals surface area contributed by atoms with Gasteiger partial charge < -0.3 is 0 Å². The molecule has 0 saturated carbocycles. The number of hydrogen-bond acceptors (Lipinski definition) is 3. The lowest BCUT2D eigenvalue weighted by Crippen LogP contribution is -2.02. The first-order valence-electron chi connectivity index (χ1n) is 6.61. The highest BCUT2D eigenvalue weighted by Crippen LogP contribution is 2.15. The van der Waals surface area contributed by atoms with Crippen molar-refractivity contribution in [2.45, 2.75) is 12.8 Å². The van der Waals surface area contributed by atoms with Crippen molar-refractivity contribution in [3.63, 3.8) is 0 Å². The second-order valence-corrected chi connectivity index (χ2v) is 4.66. The molecule has 98 valence electrons. The highest BCUT2D eigenvalue weighted by Gasteiger charge is 2.07. The Balaban J connectivity index is 1.75. The molecule has 2 aromatic heterocycles. The molecule has 3 aromatic rings. The van der Waals surface area contributed by atoms with Gasteiger partial charge in [0.25, 0.3) is 0 Å². The molecule has 0 saturated heterocycles. The van der Waals surface area contributed by atoms with Crippen molar-refractivity contribution in [3.8, 4) is 0 Å². The first-order chi connectivity index (χ1) is 9.83. The third-order valence-corrected chi connectivity index (χ3v) is 3.26. The number of fused-ring (bicyclic) bond motifs is 1. The van der Waals surface area contributed by atoms with Gasteiger partial charge in [-0.05, 0) is 30.7 Å². The molecule has 20 heavy (non-hydrogen) atoms. The van der Waals surface area contributed by atoms with Gasteiger partial charge in [-0.15, -0.1) is 0 Å². The molecule has 0 aliphatic heterocycles. The fourth-order valence-corrected chi connectivity index (χ4v) is 2.17. The minimum Gasteiger partial charge on any atom is -0.294 e. The molecule has 2 heterocycles. The van der Waals surface area contributed by atoms with Crippen molar-refractivity contribution in [1.29, 1.82) is 0 Å². The minimum absolute atomic E-state index is 0.128. The van der Waals surface area contributed by atoms with Gasteiger partial charge in [-0.25, -0.2) is 0 Å². The summed E-state index contributed by atoms with van der Waals surface area (Å²) in [5.41, 5.74) is 2.52. The Labute approximate surface area is 117 Å². The lowest BCUT2D eigenvalue weighted by molar-refractivity contribution is 0.0982. The van der Waals surface area contributed by atoms with Gasteiger partial charge >= 0.3 is 0 Å². The molecule has 0 atom stereocenters. The summed E-state index contributed by atoms with van der Waals surface area (Å²) in [6.07, 6.45) is 4.62. The number of nitrogens with zero attached hydrogens (tertiary/aromatic N) is 2. The van der Waals surface area contributed by atoms with Crippen LogP contribution >= 0.6 is 0 Å². The Hall–Kier alpha value is -2.55. The van der Waals surface area contributed by atoms with Gasteiger partial charge in [0.2, 0.25) is 0 Å². The number of aromatic nitrogens is 2. The first kappa shape index (κ1) is 12.5. The van der Waals surface area contributed by atoms with Crippen molar-refractivity contribution in [1.82, 2.24) is 9.97 Å². The molecule has 0 fully saturated rings. The van der Waals surface area contributed by atoms with E-state index in [0.29, 0.717) is 18.4 Å². The van der Waals surface area contributed by atoms with Crippen molar-refractivity contribution >= 4 is 16.7 Å². The summed E-state index contributed by atoms with van der Waals surface area (Å²) in [6, 6.07) is 15.3. The molecule has 0 radical (unpaired) electrons. The van der Waals surface area contributed by atoms with Crippen molar-refractivity contribution in [2.24, 2.45) is 0 Å². The largest absolute Gasteiger partial charge is 0.294 e. The van der Waals surface area contributed by atoms with Crippen LogP contribution in [0.4, 0.5) is 0 Å². The Kier molecular flexibility index (Phi) is 3.50. The Bertz CT molecular complexity index is 738. The number of aryl methyl sites for hydroxylation is 1. The average Bonchev–Trinajstić information content (AvgIpc) is 2.53. The molecule has 3 rings (SSSR count). The fourth-order valence-electron chi connectivity index (χ4n) is 2.17. The second kappa shape index (κ2) is 5.61. The molecule has 3 heteroatoms. The van der Waals surface area contributed by atoms with Gasteiger partial charge in [-0.3, -0.25) is 14.8 Å². The van der Waals surface area contributed by atoms with Crippen LogP contribution in [0.3, 0.4) is 0 Å². The summed E-state index contributed by atoms with van der Waals surface area (Å²) in [7, 11) is 0. The van der Waals surface area contributed by atoms with E-state index < -0.39 is 0 Å². The highest BCUT2D eigenvalue weighted by atomic mass is 16.1. The van der Waals surface area contributed by atoms with Crippen molar-refractivity contribution < 1.29 is 4.79 Å². The van der Waals surface area contributed by atoms with Crippen LogP contribution in [-0.4, -0.2) is 15.8 Å². The topological polar surface area (TPSA) is 42.9 Å². The predicted octanol–water partition coefficient (Wildman–Crippen LogP) is 3.45. The number of ketones is 1. The quantitative estimate of drug-likeness (QED) is 0.676. The number of benzene rings is 1. The zero-order valence-corrected chi connectivity index (χ0v) is 11.0. The summed E-state index contributed by atoms with van der Waals surface area (Å²) >= 11 is 0. The van der Waals surface area contributed by atoms with E-state index in [2.05, 4.69) is 9.97 Å². The summed E-state index contributed by atoms with van der Waals surface area (Å²) in [5, 5.41) is 1.05. The van der Waals surface area contributed by atoms with E-state index in [1.54, 1.807) is 12.4 Å². The van der Waals surface area contributed by atoms with Crippen molar-refractivity contribution in [2.75, 3.05) is 0 Å². The SMILES string of the molecule is O=C(CCc1ccccn1)c1ccc2cccnc2c1. The normalized spacial score (nSPS) is 10.6. The second-order valence-electron chi connectivity index (χ2n) is 4.66. The molecular formula is C17H14N2O. The standard InChI is InChI=1S/C17H14N2O/c20-17(9-8-15-5-1-2-10-18-15)14-7-6-13-4-3-11-19-16(13)12-14/h1-7,10-12H,8-9H2. The number of pyridine rings is 2. The molecule has 0 amide bonds. The Morgan fingerprint density at radius 1 is 0.950 bits per heavy atom. The van der Waals surface area contributed by atoms with Gasteiger partial charge in [-0.1, -0.05) is 24.3 Å². The van der Waals surface area contributed by atoms with E-state index in [9.17, 15) is 4.79 Å². The summed E-state index contributed by atoms with van der Waals surface area (Å²) in [4.78, 5) is 20.7. The molecule has 0 spiro atoms. The molecular weight excluding hydrogens is 248 g/mol. The van der Waals surface area contributed by atoms with Crippen LogP contribution in [0.1, 0.15) is 22.5 Å². The Morgan fingerprint density at radius 3 is 2.70 bits per heavy atom. The van der Waals surface area contributed by atoms with Crippen LogP contribution in [-0.2, 0) is 6.42 Å². The number of carbonyl (C=O) groups is 1. The first-order valence-corrected chi connectivity index (χ1v) is 6.61. The van der Waals surface area contributed by atoms with Crippen LogP contribution in [0.15, 0.2) is 60.9 Å². The van der Waals surface area contributed by atoms with E-state index in [0.717, 1.165) is 16.6 Å². The smallest absolute Gasteiger partial charge is 0.163 e. The molecule has 0 unspecified atom stereocenters. The molecule has 0 aliphatic carbocycles. The number of Topliss-reactive ketones (excluding diaryl/α,β-unsaturated/α-hetero) is 1. The molecule has 3 nitrogen and oxygen atoms in total. The predicted molar refractivity (Wildman–Crippen MR) is 78.6 cm³/mol. The van der Waals surface area contributed by atoms with Crippen LogP contribution in [0, 0.1) is 0 Å². The zero-order valence-electron chi connectivity index (χ0n) is 11.0. The average molecular weight is 262 g/mol. The zero-order chi connectivity index (χ0) is 13.8. The lowest BCUT2D eigenvalue weighted by Gasteiger charge is -2.03. The minimum atomic E-state index is 0.128. The van der Waals surface area contributed by atoms with Gasteiger partial charge in [0.05, 0.1) is 5.52 Å². The van der Waals surface area contributed by atoms with E-state index in [1.807, 2.05) is 48.5 Å². The maximum absolute atomic E-state index is 12.2. The number of rotatable bonds is 4. The van der Waals surface area contributed by atoms with E-state index >= 15 is 0 Å². The van der Waals surface area contributed by atoms with Crippen LogP contribution in [0.25, 0.3) is 10.9 Å². The molecule has 1 aromatic carbocycles. The van der Waals surface area contributed by atoms with Crippen LogP contribution in [0.5, 0.6) is 0 Å². The summed E-state index contributed by atoms with van der Waals surface area (Å²) in [5.74, 6) is 0.128. The highest BCUT2D eigenvalue weighted by molar-refractivity contribution is 5.99. The van der Waals surface area contributed by atoms with Crippen LogP contribution in [0.2, 0.25) is 0 Å². The number of carbonyl (C=O) groups excluding carboxylic acids is 1. The van der Waals surface area contributed by atoms with Crippen molar-refractivity contribution in [3.05, 3.63) is 72.2 Å². The maximum Gasteiger partial charge on any atom is 0.163 e. The maximum atomic E-state index is 12.2. The lowest BCUT2D eigenvalue weighted by atomic mass is 10.0. The van der Waals surface area contributed by atoms with Gasteiger partial charge in [0.1, 0.15) is 0 Å². The monoisotopic (exact) mass is 262 g/mol. The van der Waals surface area contributed by atoms with E-state index in [4.69, 9.17) is 0 Å². The van der Waals surface area contributed by atoms with E-state index in [-0.39, 0.29) is 5.78 Å². The summed E-state index contributed by atoms with van der Waals surface area (Å²) in [6.45, 7) is 0. The third-order valence-electron chi connectivity index (χ3n) is 3.26. The Morgan fingerprint density at radius 2 is 1.85 bits per heavy atom. The fraction of sp³-hybridized carbons (Fsp3) is 0.118. The summed E-state index contributed by atoms with van der Waals surface area (Å²) < 4.78 is 0. The van der Waals surface area contributed by atoms with Crippen LogP contribution < -0.4 is 0 Å². The van der Waals surface area contributed by atoms with Gasteiger partial charge in [0, 0.05) is 35.5 Å². The van der Waals surface area contributed by atoms with Gasteiger partial charge in [-0.2, -0.15) is 0 Å². The number of hydrogen-bond donors (Lipinski definition) is 0. The molecule has 0 bridgehead atoms.